The monoisotopic (exact) mass is 435 g/mol. The van der Waals surface area contributed by atoms with Crippen LogP contribution in [0.15, 0.2) is 60.7 Å². The van der Waals surface area contributed by atoms with Gasteiger partial charge in [0.2, 0.25) is 0 Å². The Bertz CT molecular complexity index is 1170. The van der Waals surface area contributed by atoms with Crippen LogP contribution in [0.3, 0.4) is 0 Å². The smallest absolute Gasteiger partial charge is 0.305 e. The highest BCUT2D eigenvalue weighted by Crippen LogP contribution is 2.36. The van der Waals surface area contributed by atoms with Crippen LogP contribution in [0.5, 0.6) is 5.75 Å². The van der Waals surface area contributed by atoms with Gasteiger partial charge in [-0.15, -0.1) is 0 Å². The van der Waals surface area contributed by atoms with Crippen LogP contribution >= 0.6 is 11.6 Å². The number of halogens is 1. The number of fused-ring (bicyclic) bond motifs is 1. The van der Waals surface area contributed by atoms with Crippen LogP contribution in [0.4, 0.5) is 0 Å². The summed E-state index contributed by atoms with van der Waals surface area (Å²) >= 11 is 6.07. The number of amides is 1. The fourth-order valence-electron chi connectivity index (χ4n) is 4.00. The molecule has 4 rings (SSSR count). The van der Waals surface area contributed by atoms with Gasteiger partial charge < -0.3 is 14.7 Å². The zero-order valence-corrected chi connectivity index (χ0v) is 18.0. The predicted octanol–water partition coefficient (Wildman–Crippen LogP) is 5.50. The molecule has 0 bridgehead atoms. The molecule has 1 aliphatic heterocycles. The van der Waals surface area contributed by atoms with Gasteiger partial charge in [-0.25, -0.2) is 0 Å². The number of carboxylic acids is 1. The molecule has 3 aromatic rings. The Morgan fingerprint density at radius 3 is 2.65 bits per heavy atom. The number of aliphatic carboxylic acids is 1. The quantitative estimate of drug-likeness (QED) is 0.555. The third kappa shape index (κ3) is 4.28. The second kappa shape index (κ2) is 8.44. The van der Waals surface area contributed by atoms with Crippen molar-refractivity contribution in [2.75, 3.05) is 7.05 Å². The first kappa shape index (κ1) is 20.9. The Morgan fingerprint density at radius 2 is 1.90 bits per heavy atom. The number of hydrogen-bond donors (Lipinski definition) is 1. The highest BCUT2D eigenvalue weighted by Gasteiger charge is 2.35. The molecule has 3 aromatic carbocycles. The van der Waals surface area contributed by atoms with E-state index < -0.39 is 12.0 Å². The summed E-state index contributed by atoms with van der Waals surface area (Å²) in [5, 5.41) is 9.85. The zero-order valence-electron chi connectivity index (χ0n) is 17.3. The minimum absolute atomic E-state index is 0.119. The molecule has 1 amide bonds. The molecule has 0 saturated heterocycles. The number of benzene rings is 3. The van der Waals surface area contributed by atoms with Crippen molar-refractivity contribution in [3.63, 3.8) is 0 Å². The number of aryl methyl sites for hydroxylation is 1. The molecule has 0 spiro atoms. The van der Waals surface area contributed by atoms with E-state index in [9.17, 15) is 9.59 Å². The minimum atomic E-state index is -0.936. The fourth-order valence-corrected chi connectivity index (χ4v) is 4.23. The van der Waals surface area contributed by atoms with E-state index in [1.165, 1.54) is 4.90 Å². The Kier molecular flexibility index (Phi) is 5.70. The Labute approximate surface area is 185 Å². The van der Waals surface area contributed by atoms with Gasteiger partial charge in [-0.05, 0) is 65.1 Å². The van der Waals surface area contributed by atoms with E-state index in [1.807, 2.05) is 43.3 Å². The molecular weight excluding hydrogens is 414 g/mol. The van der Waals surface area contributed by atoms with Gasteiger partial charge in [-0.2, -0.15) is 0 Å². The van der Waals surface area contributed by atoms with Crippen LogP contribution in [0.2, 0.25) is 5.02 Å². The van der Waals surface area contributed by atoms with Gasteiger partial charge >= 0.3 is 5.97 Å². The zero-order chi connectivity index (χ0) is 22.1. The van der Waals surface area contributed by atoms with Crippen molar-refractivity contribution in [3.05, 3.63) is 87.9 Å². The standard InChI is InChI=1S/C25H22ClNO4/c1-15-10-18(26)6-8-20(15)17-5-3-4-16(11-17)14-31-19-7-9-21-22(12-19)25(30)27(2)23(21)13-24(28)29/h3-12,23H,13-14H2,1-2H3,(H,28,29)/t23-/m1/s1. The lowest BCUT2D eigenvalue weighted by Gasteiger charge is -2.18. The third-order valence-electron chi connectivity index (χ3n) is 5.60. The Hall–Kier alpha value is -3.31. The number of nitrogens with zero attached hydrogens (tertiary/aromatic N) is 1. The molecule has 0 aliphatic carbocycles. The van der Waals surface area contributed by atoms with Crippen LogP contribution in [0.25, 0.3) is 11.1 Å². The van der Waals surface area contributed by atoms with E-state index in [-0.39, 0.29) is 12.3 Å². The van der Waals surface area contributed by atoms with Crippen LogP contribution in [0, 0.1) is 6.92 Å². The summed E-state index contributed by atoms with van der Waals surface area (Å²) in [6.07, 6.45) is -0.119. The van der Waals surface area contributed by atoms with Gasteiger partial charge in [0.1, 0.15) is 12.4 Å². The van der Waals surface area contributed by atoms with Gasteiger partial charge in [-0.1, -0.05) is 41.9 Å². The molecule has 31 heavy (non-hydrogen) atoms. The van der Waals surface area contributed by atoms with E-state index in [0.717, 1.165) is 27.8 Å². The average molecular weight is 436 g/mol. The highest BCUT2D eigenvalue weighted by atomic mass is 35.5. The highest BCUT2D eigenvalue weighted by molar-refractivity contribution is 6.30. The molecular formula is C25H22ClNO4. The largest absolute Gasteiger partial charge is 0.489 e. The van der Waals surface area contributed by atoms with Gasteiger partial charge in [0.05, 0.1) is 12.5 Å². The van der Waals surface area contributed by atoms with Gasteiger partial charge in [0.15, 0.2) is 0 Å². The SMILES string of the molecule is Cc1cc(Cl)ccc1-c1cccc(COc2ccc3c(c2)C(=O)N(C)[C@@H]3CC(=O)O)c1. The molecule has 1 atom stereocenters. The van der Waals surface area contributed by atoms with Crippen molar-refractivity contribution in [3.8, 4) is 16.9 Å². The molecule has 1 N–H and O–H groups in total. The minimum Gasteiger partial charge on any atom is -0.489 e. The lowest BCUT2D eigenvalue weighted by molar-refractivity contribution is -0.138. The van der Waals surface area contributed by atoms with Crippen LogP contribution in [-0.4, -0.2) is 28.9 Å². The lowest BCUT2D eigenvalue weighted by Crippen LogP contribution is -2.24. The first-order valence-electron chi connectivity index (χ1n) is 9.94. The summed E-state index contributed by atoms with van der Waals surface area (Å²) in [4.78, 5) is 25.2. The summed E-state index contributed by atoms with van der Waals surface area (Å²) in [5.41, 5.74) is 5.51. The molecule has 1 aliphatic rings. The number of carbonyl (C=O) groups excluding carboxylic acids is 1. The molecule has 1 heterocycles. The van der Waals surface area contributed by atoms with Crippen LogP contribution in [0.1, 0.15) is 39.5 Å². The third-order valence-corrected chi connectivity index (χ3v) is 5.84. The van der Waals surface area contributed by atoms with Crippen molar-refractivity contribution in [1.29, 1.82) is 0 Å². The van der Waals surface area contributed by atoms with Crippen LogP contribution < -0.4 is 4.74 Å². The maximum Gasteiger partial charge on any atom is 0.305 e. The molecule has 5 nitrogen and oxygen atoms in total. The molecule has 0 aromatic heterocycles. The average Bonchev–Trinajstić information content (AvgIpc) is 2.96. The first-order valence-corrected chi connectivity index (χ1v) is 10.3. The van der Waals surface area contributed by atoms with Crippen molar-refractivity contribution in [1.82, 2.24) is 4.90 Å². The topological polar surface area (TPSA) is 66.8 Å². The van der Waals surface area contributed by atoms with E-state index in [1.54, 1.807) is 25.2 Å². The first-order chi connectivity index (χ1) is 14.8. The number of ether oxygens (including phenoxy) is 1. The predicted molar refractivity (Wildman–Crippen MR) is 119 cm³/mol. The van der Waals surface area contributed by atoms with Crippen molar-refractivity contribution >= 4 is 23.5 Å². The molecule has 0 saturated carbocycles. The van der Waals surface area contributed by atoms with E-state index >= 15 is 0 Å². The molecule has 6 heteroatoms. The van der Waals surface area contributed by atoms with E-state index in [0.29, 0.717) is 22.9 Å². The maximum atomic E-state index is 12.5. The fraction of sp³-hybridized carbons (Fsp3) is 0.200. The van der Waals surface area contributed by atoms with Crippen molar-refractivity contribution in [2.24, 2.45) is 0 Å². The number of hydrogen-bond acceptors (Lipinski definition) is 3. The van der Waals surface area contributed by atoms with E-state index in [4.69, 9.17) is 21.4 Å². The number of rotatable bonds is 6. The summed E-state index contributed by atoms with van der Waals surface area (Å²) in [6, 6.07) is 18.7. The van der Waals surface area contributed by atoms with Gasteiger partial charge in [0.25, 0.3) is 5.91 Å². The van der Waals surface area contributed by atoms with Crippen molar-refractivity contribution in [2.45, 2.75) is 26.0 Å². The second-order valence-electron chi connectivity index (χ2n) is 7.73. The summed E-state index contributed by atoms with van der Waals surface area (Å²) < 4.78 is 5.95. The summed E-state index contributed by atoms with van der Waals surface area (Å²) in [6.45, 7) is 2.38. The second-order valence-corrected chi connectivity index (χ2v) is 8.16. The molecule has 158 valence electrons. The van der Waals surface area contributed by atoms with Gasteiger partial charge in [0, 0.05) is 17.6 Å². The molecule has 0 radical (unpaired) electrons. The summed E-state index contributed by atoms with van der Waals surface area (Å²) in [5.74, 6) is -0.551. The maximum absolute atomic E-state index is 12.5. The molecule has 0 unspecified atom stereocenters. The Morgan fingerprint density at radius 1 is 1.10 bits per heavy atom. The normalized spacial score (nSPS) is 15.1. The number of carboxylic acid groups (broad SMARTS) is 1. The lowest BCUT2D eigenvalue weighted by atomic mass is 9.99. The van der Waals surface area contributed by atoms with Gasteiger partial charge in [-0.3, -0.25) is 9.59 Å². The summed E-state index contributed by atoms with van der Waals surface area (Å²) in [7, 11) is 1.63. The van der Waals surface area contributed by atoms with Crippen molar-refractivity contribution < 1.29 is 19.4 Å². The van der Waals surface area contributed by atoms with Crippen LogP contribution in [-0.2, 0) is 11.4 Å². The number of carbonyl (C=O) groups is 2. The van der Waals surface area contributed by atoms with E-state index in [2.05, 4.69) is 6.07 Å². The Balaban J connectivity index is 1.52. The molecule has 0 fully saturated rings.